The Morgan fingerprint density at radius 2 is 1.81 bits per heavy atom. The van der Waals surface area contributed by atoms with Gasteiger partial charge in [0.15, 0.2) is 0 Å². The zero-order valence-electron chi connectivity index (χ0n) is 14.5. The number of aryl methyl sites for hydroxylation is 1. The highest BCUT2D eigenvalue weighted by molar-refractivity contribution is 5.90. The number of carbonyl (C=O) groups is 1. The molecule has 2 aromatic carbocycles. The van der Waals surface area contributed by atoms with E-state index in [9.17, 15) is 23.1 Å². The van der Waals surface area contributed by atoms with Crippen LogP contribution in [0.4, 0.5) is 13.2 Å². The summed E-state index contributed by atoms with van der Waals surface area (Å²) >= 11 is 0. The zero-order valence-corrected chi connectivity index (χ0v) is 14.5. The molecule has 140 valence electrons. The van der Waals surface area contributed by atoms with Crippen LogP contribution in [0.15, 0.2) is 42.5 Å². The van der Waals surface area contributed by atoms with Crippen molar-refractivity contribution in [1.82, 2.24) is 4.57 Å². The molecule has 0 saturated carbocycles. The Morgan fingerprint density at radius 1 is 1.07 bits per heavy atom. The average Bonchev–Trinajstić information content (AvgIpc) is 2.95. The number of aromatic nitrogens is 1. The van der Waals surface area contributed by atoms with Crippen LogP contribution in [0.3, 0.4) is 0 Å². The van der Waals surface area contributed by atoms with Crippen LogP contribution in [0.1, 0.15) is 45.6 Å². The number of benzene rings is 2. The summed E-state index contributed by atoms with van der Waals surface area (Å²) < 4.78 is 41.6. The minimum atomic E-state index is -4.41. The normalized spacial score (nSPS) is 14.3. The lowest BCUT2D eigenvalue weighted by atomic mass is 9.95. The first-order chi connectivity index (χ1) is 12.9. The molecule has 0 spiro atoms. The van der Waals surface area contributed by atoms with Crippen molar-refractivity contribution >= 4 is 16.9 Å². The van der Waals surface area contributed by atoms with Crippen molar-refractivity contribution in [3.63, 3.8) is 0 Å². The topological polar surface area (TPSA) is 42.2 Å². The minimum Gasteiger partial charge on any atom is -0.478 e. The average molecular weight is 373 g/mol. The molecule has 27 heavy (non-hydrogen) atoms. The summed E-state index contributed by atoms with van der Waals surface area (Å²) in [5, 5.41) is 10.3. The van der Waals surface area contributed by atoms with Gasteiger partial charge in [-0.1, -0.05) is 24.3 Å². The standard InChI is InChI=1S/C21H18F3NO2/c22-21(23,24)14-9-10-17-16-7-3-4-8-18(16)25(19(17)11-14)12-13-5-1-2-6-15(13)20(26)27/h1-2,5-6,9-11H,3-4,7-8,12H2,(H,26,27). The number of aromatic carboxylic acids is 1. The van der Waals surface area contributed by atoms with Gasteiger partial charge in [-0.05, 0) is 55.0 Å². The van der Waals surface area contributed by atoms with E-state index in [2.05, 4.69) is 0 Å². The molecule has 1 aliphatic carbocycles. The van der Waals surface area contributed by atoms with Gasteiger partial charge in [-0.3, -0.25) is 0 Å². The summed E-state index contributed by atoms with van der Waals surface area (Å²) in [6.45, 7) is 0.246. The summed E-state index contributed by atoms with van der Waals surface area (Å²) in [4.78, 5) is 11.5. The summed E-state index contributed by atoms with van der Waals surface area (Å²) in [5.41, 5.74) is 2.73. The molecule has 3 nitrogen and oxygen atoms in total. The number of alkyl halides is 3. The zero-order chi connectivity index (χ0) is 19.2. The van der Waals surface area contributed by atoms with Crippen molar-refractivity contribution in [2.45, 2.75) is 38.4 Å². The Kier molecular flexibility index (Phi) is 4.21. The number of nitrogens with zero attached hydrogens (tertiary/aromatic N) is 1. The van der Waals surface area contributed by atoms with Crippen molar-refractivity contribution < 1.29 is 23.1 Å². The van der Waals surface area contributed by atoms with Crippen LogP contribution < -0.4 is 0 Å². The van der Waals surface area contributed by atoms with Gasteiger partial charge in [-0.25, -0.2) is 4.79 Å². The molecule has 4 rings (SSSR count). The van der Waals surface area contributed by atoms with E-state index in [-0.39, 0.29) is 12.1 Å². The van der Waals surface area contributed by atoms with E-state index in [1.54, 1.807) is 24.3 Å². The summed E-state index contributed by atoms with van der Waals surface area (Å²) in [6.07, 6.45) is -0.789. The quantitative estimate of drug-likeness (QED) is 0.678. The highest BCUT2D eigenvalue weighted by Crippen LogP contribution is 2.37. The third-order valence-electron chi connectivity index (χ3n) is 5.28. The largest absolute Gasteiger partial charge is 0.478 e. The molecule has 0 radical (unpaired) electrons. The van der Waals surface area contributed by atoms with Gasteiger partial charge in [0.1, 0.15) is 0 Å². The molecule has 0 bridgehead atoms. The maximum Gasteiger partial charge on any atom is 0.416 e. The van der Waals surface area contributed by atoms with Crippen LogP contribution in [-0.4, -0.2) is 15.6 Å². The highest BCUT2D eigenvalue weighted by atomic mass is 19.4. The van der Waals surface area contributed by atoms with E-state index >= 15 is 0 Å². The second kappa shape index (κ2) is 6.44. The van der Waals surface area contributed by atoms with E-state index in [1.807, 2.05) is 4.57 Å². The number of halogens is 3. The van der Waals surface area contributed by atoms with Crippen molar-refractivity contribution in [1.29, 1.82) is 0 Å². The summed E-state index contributed by atoms with van der Waals surface area (Å²) in [6, 6.07) is 10.5. The second-order valence-electron chi connectivity index (χ2n) is 6.91. The molecular formula is C21H18F3NO2. The number of carboxylic acid groups (broad SMARTS) is 1. The van der Waals surface area contributed by atoms with Gasteiger partial charge in [0.2, 0.25) is 0 Å². The molecule has 6 heteroatoms. The Labute approximate surface area is 154 Å². The van der Waals surface area contributed by atoms with Crippen molar-refractivity contribution in [3.05, 3.63) is 70.4 Å². The van der Waals surface area contributed by atoms with E-state index < -0.39 is 17.7 Å². The molecule has 0 fully saturated rings. The molecule has 0 unspecified atom stereocenters. The highest BCUT2D eigenvalue weighted by Gasteiger charge is 2.32. The van der Waals surface area contributed by atoms with Crippen molar-refractivity contribution in [2.24, 2.45) is 0 Å². The molecule has 1 heterocycles. The van der Waals surface area contributed by atoms with E-state index in [0.717, 1.165) is 48.4 Å². The second-order valence-corrected chi connectivity index (χ2v) is 6.91. The van der Waals surface area contributed by atoms with E-state index in [0.29, 0.717) is 11.1 Å². The van der Waals surface area contributed by atoms with E-state index in [4.69, 9.17) is 0 Å². The van der Waals surface area contributed by atoms with Gasteiger partial charge in [-0.2, -0.15) is 13.2 Å². The fraction of sp³-hybridized carbons (Fsp3) is 0.286. The Balaban J connectivity index is 1.92. The molecule has 1 aliphatic rings. The molecule has 1 N–H and O–H groups in total. The first-order valence-corrected chi connectivity index (χ1v) is 8.88. The predicted molar refractivity (Wildman–Crippen MR) is 96.1 cm³/mol. The number of hydrogen-bond acceptors (Lipinski definition) is 1. The minimum absolute atomic E-state index is 0.177. The molecule has 3 aromatic rings. The predicted octanol–water partition coefficient (Wildman–Crippen LogP) is 5.29. The Bertz CT molecular complexity index is 1030. The smallest absolute Gasteiger partial charge is 0.416 e. The number of carboxylic acids is 1. The third-order valence-corrected chi connectivity index (χ3v) is 5.28. The molecule has 0 saturated heterocycles. The van der Waals surface area contributed by atoms with Gasteiger partial charge in [0, 0.05) is 23.1 Å². The lowest BCUT2D eigenvalue weighted by Crippen LogP contribution is -2.12. The molecular weight excluding hydrogens is 355 g/mol. The Morgan fingerprint density at radius 3 is 2.56 bits per heavy atom. The number of fused-ring (bicyclic) bond motifs is 3. The first kappa shape index (κ1) is 17.6. The fourth-order valence-electron chi connectivity index (χ4n) is 4.03. The molecule has 0 aliphatic heterocycles. The molecule has 0 amide bonds. The molecule has 1 aromatic heterocycles. The van der Waals surface area contributed by atoms with Crippen LogP contribution in [0.2, 0.25) is 0 Å². The summed E-state index contributed by atoms with van der Waals surface area (Å²) in [5.74, 6) is -1.04. The van der Waals surface area contributed by atoms with Gasteiger partial charge < -0.3 is 9.67 Å². The number of rotatable bonds is 3. The van der Waals surface area contributed by atoms with Gasteiger partial charge in [0.25, 0.3) is 0 Å². The summed E-state index contributed by atoms with van der Waals surface area (Å²) in [7, 11) is 0. The lowest BCUT2D eigenvalue weighted by molar-refractivity contribution is -0.137. The maximum atomic E-state index is 13.2. The van der Waals surface area contributed by atoms with Gasteiger partial charge >= 0.3 is 12.1 Å². The fourth-order valence-corrected chi connectivity index (χ4v) is 4.03. The maximum absolute atomic E-state index is 13.2. The monoisotopic (exact) mass is 373 g/mol. The third kappa shape index (κ3) is 3.09. The van der Waals surface area contributed by atoms with Crippen molar-refractivity contribution in [3.8, 4) is 0 Å². The van der Waals surface area contributed by atoms with Crippen LogP contribution in [-0.2, 0) is 25.6 Å². The Hall–Kier alpha value is -2.76. The van der Waals surface area contributed by atoms with Crippen LogP contribution in [0, 0.1) is 0 Å². The molecule has 0 atom stereocenters. The van der Waals surface area contributed by atoms with Crippen LogP contribution in [0.5, 0.6) is 0 Å². The van der Waals surface area contributed by atoms with Crippen molar-refractivity contribution in [2.75, 3.05) is 0 Å². The van der Waals surface area contributed by atoms with Gasteiger partial charge in [0.05, 0.1) is 11.1 Å². The number of hydrogen-bond donors (Lipinski definition) is 1. The van der Waals surface area contributed by atoms with E-state index in [1.165, 1.54) is 12.1 Å². The SMILES string of the molecule is O=C(O)c1ccccc1Cn1c2c(c3ccc(C(F)(F)F)cc31)CCCC2. The van der Waals surface area contributed by atoms with Crippen LogP contribution >= 0.6 is 0 Å². The first-order valence-electron chi connectivity index (χ1n) is 8.88. The van der Waals surface area contributed by atoms with Crippen LogP contribution in [0.25, 0.3) is 10.9 Å². The lowest BCUT2D eigenvalue weighted by Gasteiger charge is -2.17. The van der Waals surface area contributed by atoms with Gasteiger partial charge in [-0.15, -0.1) is 0 Å².